The van der Waals surface area contributed by atoms with Crippen molar-refractivity contribution < 1.29 is 17.9 Å². The first-order chi connectivity index (χ1) is 9.86. The van der Waals surface area contributed by atoms with Crippen molar-refractivity contribution in [3.8, 4) is 6.07 Å². The van der Waals surface area contributed by atoms with Crippen molar-refractivity contribution in [1.29, 1.82) is 5.26 Å². The predicted octanol–water partition coefficient (Wildman–Crippen LogP) is 1.44. The lowest BCUT2D eigenvalue weighted by Gasteiger charge is -2.21. The van der Waals surface area contributed by atoms with Gasteiger partial charge < -0.3 is 4.74 Å². The monoisotopic (exact) mass is 310 g/mol. The highest BCUT2D eigenvalue weighted by atomic mass is 32.2. The average molecular weight is 310 g/mol. The standard InChI is InChI=1S/C14H18N2O4S/c1-4-16(8-7-14(17)20-3)21(18,19)13-9-12(10-15)6-5-11(13)2/h5-6,9H,4,7-8H2,1-3H3. The molecule has 7 heteroatoms. The Labute approximate surface area is 125 Å². The molecular formula is C14H18N2O4S. The fourth-order valence-electron chi connectivity index (χ4n) is 1.85. The molecule has 1 rings (SSSR count). The largest absolute Gasteiger partial charge is 0.469 e. The zero-order chi connectivity index (χ0) is 16.0. The molecular weight excluding hydrogens is 292 g/mol. The van der Waals surface area contributed by atoms with Crippen molar-refractivity contribution in [2.75, 3.05) is 20.2 Å². The molecule has 6 nitrogen and oxygen atoms in total. The van der Waals surface area contributed by atoms with Crippen LogP contribution < -0.4 is 0 Å². The summed E-state index contributed by atoms with van der Waals surface area (Å²) in [5.74, 6) is -0.467. The van der Waals surface area contributed by atoms with Crippen molar-refractivity contribution in [3.63, 3.8) is 0 Å². The quantitative estimate of drug-likeness (QED) is 0.742. The van der Waals surface area contributed by atoms with Gasteiger partial charge in [-0.2, -0.15) is 9.57 Å². The topological polar surface area (TPSA) is 87.5 Å². The van der Waals surface area contributed by atoms with Gasteiger partial charge in [0.05, 0.1) is 30.1 Å². The molecule has 0 aromatic heterocycles. The summed E-state index contributed by atoms with van der Waals surface area (Å²) in [6.07, 6.45) is -0.0133. The highest BCUT2D eigenvalue weighted by molar-refractivity contribution is 7.89. The number of nitrogens with zero attached hydrogens (tertiary/aromatic N) is 2. The lowest BCUT2D eigenvalue weighted by Crippen LogP contribution is -2.33. The van der Waals surface area contributed by atoms with Gasteiger partial charge in [-0.25, -0.2) is 8.42 Å². The average Bonchev–Trinajstić information content (AvgIpc) is 2.47. The first kappa shape index (κ1) is 17.1. The number of carbonyl (C=O) groups excluding carboxylic acids is 1. The summed E-state index contributed by atoms with van der Waals surface area (Å²) in [5.41, 5.74) is 0.841. The van der Waals surface area contributed by atoms with Crippen LogP contribution in [0.15, 0.2) is 23.1 Å². The molecule has 1 aromatic carbocycles. The molecule has 0 spiro atoms. The van der Waals surface area contributed by atoms with Crippen molar-refractivity contribution in [3.05, 3.63) is 29.3 Å². The number of hydrogen-bond acceptors (Lipinski definition) is 5. The maximum Gasteiger partial charge on any atom is 0.306 e. The molecule has 0 bridgehead atoms. The summed E-state index contributed by atoms with van der Waals surface area (Å²) in [4.78, 5) is 11.3. The van der Waals surface area contributed by atoms with E-state index < -0.39 is 16.0 Å². The third kappa shape index (κ3) is 4.03. The Morgan fingerprint density at radius 2 is 2.10 bits per heavy atom. The van der Waals surface area contributed by atoms with Crippen LogP contribution in [0, 0.1) is 18.3 Å². The van der Waals surface area contributed by atoms with Gasteiger partial charge in [-0.3, -0.25) is 4.79 Å². The molecule has 114 valence electrons. The number of hydrogen-bond donors (Lipinski definition) is 0. The minimum Gasteiger partial charge on any atom is -0.469 e. The van der Waals surface area contributed by atoms with Crippen LogP contribution in [0.3, 0.4) is 0 Å². The van der Waals surface area contributed by atoms with Crippen LogP contribution >= 0.6 is 0 Å². The number of benzene rings is 1. The Morgan fingerprint density at radius 3 is 2.62 bits per heavy atom. The third-order valence-electron chi connectivity index (χ3n) is 3.08. The summed E-state index contributed by atoms with van der Waals surface area (Å²) >= 11 is 0. The summed E-state index contributed by atoms with van der Waals surface area (Å²) in [6, 6.07) is 6.44. The van der Waals surface area contributed by atoms with E-state index in [1.54, 1.807) is 26.0 Å². The molecule has 0 aliphatic heterocycles. The summed E-state index contributed by atoms with van der Waals surface area (Å²) in [5, 5.41) is 8.90. The first-order valence-electron chi connectivity index (χ1n) is 6.44. The minimum atomic E-state index is -3.74. The van der Waals surface area contributed by atoms with Gasteiger partial charge in [0.25, 0.3) is 0 Å². The Kier molecular flexibility index (Phi) is 5.88. The number of esters is 1. The maximum absolute atomic E-state index is 12.6. The van der Waals surface area contributed by atoms with Gasteiger partial charge >= 0.3 is 5.97 Å². The number of sulfonamides is 1. The Bertz CT molecular complexity index is 662. The second-order valence-corrected chi connectivity index (χ2v) is 6.32. The third-order valence-corrected chi connectivity index (χ3v) is 5.20. The molecule has 0 atom stereocenters. The number of ether oxygens (including phenoxy) is 1. The summed E-state index contributed by atoms with van der Waals surface area (Å²) < 4.78 is 31.0. The smallest absolute Gasteiger partial charge is 0.306 e. The molecule has 21 heavy (non-hydrogen) atoms. The first-order valence-corrected chi connectivity index (χ1v) is 7.88. The van der Waals surface area contributed by atoms with E-state index in [1.165, 1.54) is 17.5 Å². The molecule has 0 aliphatic rings. The molecule has 0 saturated carbocycles. The van der Waals surface area contributed by atoms with E-state index in [1.807, 2.05) is 6.07 Å². The van der Waals surface area contributed by atoms with Crippen LogP contribution in [0.1, 0.15) is 24.5 Å². The van der Waals surface area contributed by atoms with Gasteiger partial charge in [0, 0.05) is 13.1 Å². The Hall–Kier alpha value is -1.91. The van der Waals surface area contributed by atoms with E-state index in [-0.39, 0.29) is 30.0 Å². The van der Waals surface area contributed by atoms with Crippen LogP contribution in [-0.4, -0.2) is 38.9 Å². The fourth-order valence-corrected chi connectivity index (χ4v) is 3.55. The van der Waals surface area contributed by atoms with Crippen LogP contribution in [0.4, 0.5) is 0 Å². The van der Waals surface area contributed by atoms with Crippen LogP contribution in [-0.2, 0) is 19.6 Å². The van der Waals surface area contributed by atoms with Crippen molar-refractivity contribution in [1.82, 2.24) is 4.31 Å². The van der Waals surface area contributed by atoms with E-state index in [9.17, 15) is 13.2 Å². The van der Waals surface area contributed by atoms with Crippen molar-refractivity contribution >= 4 is 16.0 Å². The van der Waals surface area contributed by atoms with Gasteiger partial charge in [0.2, 0.25) is 10.0 Å². The maximum atomic E-state index is 12.6. The lowest BCUT2D eigenvalue weighted by molar-refractivity contribution is -0.140. The van der Waals surface area contributed by atoms with Gasteiger partial charge in [-0.05, 0) is 24.6 Å². The number of nitriles is 1. The van der Waals surface area contributed by atoms with Crippen LogP contribution in [0.25, 0.3) is 0 Å². The number of carbonyl (C=O) groups is 1. The van der Waals surface area contributed by atoms with Gasteiger partial charge in [-0.15, -0.1) is 0 Å². The highest BCUT2D eigenvalue weighted by Gasteiger charge is 2.25. The summed E-state index contributed by atoms with van der Waals surface area (Å²) in [7, 11) is -2.49. The molecule has 1 aromatic rings. The Morgan fingerprint density at radius 1 is 1.43 bits per heavy atom. The zero-order valence-corrected chi connectivity index (χ0v) is 13.1. The van der Waals surface area contributed by atoms with E-state index in [2.05, 4.69) is 4.74 Å². The predicted molar refractivity (Wildman–Crippen MR) is 77.0 cm³/mol. The van der Waals surface area contributed by atoms with Crippen LogP contribution in [0.5, 0.6) is 0 Å². The highest BCUT2D eigenvalue weighted by Crippen LogP contribution is 2.21. The lowest BCUT2D eigenvalue weighted by atomic mass is 10.2. The summed E-state index contributed by atoms with van der Waals surface area (Å²) in [6.45, 7) is 3.64. The van der Waals surface area contributed by atoms with Crippen LogP contribution in [0.2, 0.25) is 0 Å². The second-order valence-electron chi connectivity index (χ2n) is 4.41. The normalized spacial score (nSPS) is 11.2. The van der Waals surface area contributed by atoms with E-state index >= 15 is 0 Å². The molecule has 0 radical (unpaired) electrons. The minimum absolute atomic E-state index is 0.0133. The molecule has 0 unspecified atom stereocenters. The molecule has 0 aliphatic carbocycles. The number of aryl methyl sites for hydroxylation is 1. The van der Waals surface area contributed by atoms with E-state index in [4.69, 9.17) is 5.26 Å². The van der Waals surface area contributed by atoms with Gasteiger partial charge in [0.15, 0.2) is 0 Å². The van der Waals surface area contributed by atoms with Gasteiger partial charge in [0.1, 0.15) is 0 Å². The van der Waals surface area contributed by atoms with E-state index in [0.717, 1.165) is 0 Å². The van der Waals surface area contributed by atoms with Gasteiger partial charge in [-0.1, -0.05) is 13.0 Å². The zero-order valence-electron chi connectivity index (χ0n) is 12.3. The SMILES string of the molecule is CCN(CCC(=O)OC)S(=O)(=O)c1cc(C#N)ccc1C. The molecule has 0 amide bonds. The van der Waals surface area contributed by atoms with Crippen molar-refractivity contribution in [2.45, 2.75) is 25.2 Å². The number of methoxy groups -OCH3 is 1. The molecule has 0 N–H and O–H groups in total. The van der Waals surface area contributed by atoms with Crippen molar-refractivity contribution in [2.24, 2.45) is 0 Å². The fraction of sp³-hybridized carbons (Fsp3) is 0.429. The Balaban J connectivity index is 3.13. The van der Waals surface area contributed by atoms with E-state index in [0.29, 0.717) is 5.56 Å². The molecule has 0 heterocycles. The number of rotatable bonds is 6. The molecule has 0 fully saturated rings. The second kappa shape index (κ2) is 7.20. The molecule has 0 saturated heterocycles.